The van der Waals surface area contributed by atoms with Gasteiger partial charge in [0.15, 0.2) is 0 Å². The van der Waals surface area contributed by atoms with Gasteiger partial charge in [-0.2, -0.15) is 18.3 Å². The molecular formula is C23H21F4N3O2. The second-order valence-electron chi connectivity index (χ2n) is 7.83. The number of amides is 1. The van der Waals surface area contributed by atoms with Crippen LogP contribution in [0.25, 0.3) is 0 Å². The molecule has 0 saturated carbocycles. The number of halogens is 4. The molecule has 5 nitrogen and oxygen atoms in total. The topological polar surface area (TPSA) is 58.2 Å². The molecule has 4 rings (SSSR count). The highest BCUT2D eigenvalue weighted by Gasteiger charge is 2.34. The Morgan fingerprint density at radius 2 is 1.84 bits per heavy atom. The molecule has 0 unspecified atom stereocenters. The Balaban J connectivity index is 1.48. The number of alkyl halides is 3. The molecule has 2 heterocycles. The van der Waals surface area contributed by atoms with Gasteiger partial charge in [0.25, 0.3) is 0 Å². The normalized spacial score (nSPS) is 13.8. The summed E-state index contributed by atoms with van der Waals surface area (Å²) in [4.78, 5) is 14.6. The standard InChI is InChI=1S/C23H21F4N3O2/c1-13-19(14(2)29-28-13)11-22(31)30-8-7-15-3-4-17(9-16(15)12-30)32-18-5-6-20(21(24)10-18)23(25,26)27/h3-6,9-10H,7-8,11-12H2,1-2H3,(H,28,29). The minimum atomic E-state index is -4.77. The summed E-state index contributed by atoms with van der Waals surface area (Å²) in [6, 6.07) is 7.73. The molecule has 1 amide bonds. The Bertz CT molecular complexity index is 1150. The fraction of sp³-hybridized carbons (Fsp3) is 0.304. The van der Waals surface area contributed by atoms with Gasteiger partial charge in [0.05, 0.1) is 17.7 Å². The Morgan fingerprint density at radius 3 is 2.50 bits per heavy atom. The number of aromatic nitrogens is 2. The van der Waals surface area contributed by atoms with Crippen molar-refractivity contribution in [3.63, 3.8) is 0 Å². The summed E-state index contributed by atoms with van der Waals surface area (Å²) in [6.07, 6.45) is -3.83. The predicted molar refractivity (Wildman–Crippen MR) is 109 cm³/mol. The van der Waals surface area contributed by atoms with Crippen LogP contribution in [-0.4, -0.2) is 27.5 Å². The molecule has 0 spiro atoms. The van der Waals surface area contributed by atoms with Crippen LogP contribution >= 0.6 is 0 Å². The lowest BCUT2D eigenvalue weighted by Gasteiger charge is -2.29. The largest absolute Gasteiger partial charge is 0.457 e. The third-order valence-electron chi connectivity index (χ3n) is 5.63. The Kier molecular flexibility index (Phi) is 5.66. The number of H-pyrrole nitrogens is 1. The number of carbonyl (C=O) groups excluding carboxylic acids is 1. The first kappa shape index (κ1) is 21.9. The molecule has 1 aromatic heterocycles. The molecule has 0 aliphatic carbocycles. The van der Waals surface area contributed by atoms with E-state index in [1.807, 2.05) is 19.9 Å². The molecule has 3 aromatic rings. The molecule has 168 valence electrons. The molecule has 2 aromatic carbocycles. The molecule has 0 fully saturated rings. The van der Waals surface area contributed by atoms with Gasteiger partial charge in [-0.15, -0.1) is 0 Å². The maximum absolute atomic E-state index is 13.8. The minimum absolute atomic E-state index is 0.0145. The summed E-state index contributed by atoms with van der Waals surface area (Å²) in [5.41, 5.74) is 3.17. The molecule has 1 N–H and O–H groups in total. The first-order chi connectivity index (χ1) is 15.1. The van der Waals surface area contributed by atoms with Gasteiger partial charge in [0, 0.05) is 30.4 Å². The fourth-order valence-corrected chi connectivity index (χ4v) is 3.83. The molecule has 0 saturated heterocycles. The van der Waals surface area contributed by atoms with Crippen LogP contribution in [0.1, 0.15) is 33.6 Å². The van der Waals surface area contributed by atoms with Gasteiger partial charge in [0.2, 0.25) is 5.91 Å². The smallest absolute Gasteiger partial charge is 0.419 e. The minimum Gasteiger partial charge on any atom is -0.457 e. The molecule has 0 bridgehead atoms. The van der Waals surface area contributed by atoms with E-state index >= 15 is 0 Å². The van der Waals surface area contributed by atoms with Crippen LogP contribution in [-0.2, 0) is 30.4 Å². The Morgan fingerprint density at radius 1 is 1.12 bits per heavy atom. The number of carbonyl (C=O) groups is 1. The van der Waals surface area contributed by atoms with Crippen LogP contribution < -0.4 is 4.74 Å². The summed E-state index contributed by atoms with van der Waals surface area (Å²) < 4.78 is 57.6. The van der Waals surface area contributed by atoms with E-state index in [2.05, 4.69) is 10.2 Å². The number of ether oxygens (including phenoxy) is 1. The number of hydrogen-bond acceptors (Lipinski definition) is 3. The molecule has 0 atom stereocenters. The number of hydrogen-bond donors (Lipinski definition) is 1. The highest BCUT2D eigenvalue weighted by molar-refractivity contribution is 5.79. The van der Waals surface area contributed by atoms with Gasteiger partial charge in [-0.25, -0.2) is 4.39 Å². The lowest BCUT2D eigenvalue weighted by atomic mass is 9.98. The van der Waals surface area contributed by atoms with Gasteiger partial charge >= 0.3 is 6.18 Å². The van der Waals surface area contributed by atoms with Gasteiger partial charge in [-0.1, -0.05) is 6.07 Å². The van der Waals surface area contributed by atoms with E-state index in [-0.39, 0.29) is 18.1 Å². The maximum atomic E-state index is 13.8. The molecule has 9 heteroatoms. The van der Waals surface area contributed by atoms with Crippen molar-refractivity contribution in [2.24, 2.45) is 0 Å². The first-order valence-corrected chi connectivity index (χ1v) is 10.1. The van der Waals surface area contributed by atoms with Crippen molar-refractivity contribution in [2.45, 2.75) is 39.4 Å². The van der Waals surface area contributed by atoms with E-state index in [0.29, 0.717) is 37.4 Å². The maximum Gasteiger partial charge on any atom is 0.419 e. The Labute approximate surface area is 182 Å². The number of benzene rings is 2. The van der Waals surface area contributed by atoms with E-state index in [4.69, 9.17) is 4.74 Å². The number of rotatable bonds is 4. The van der Waals surface area contributed by atoms with E-state index < -0.39 is 17.6 Å². The lowest BCUT2D eigenvalue weighted by Crippen LogP contribution is -2.37. The first-order valence-electron chi connectivity index (χ1n) is 10.1. The van der Waals surface area contributed by atoms with Gasteiger partial charge < -0.3 is 9.64 Å². The number of nitrogens with zero attached hydrogens (tertiary/aromatic N) is 2. The van der Waals surface area contributed by atoms with Crippen molar-refractivity contribution in [1.29, 1.82) is 0 Å². The monoisotopic (exact) mass is 447 g/mol. The van der Waals surface area contributed by atoms with Crippen LogP contribution in [0.3, 0.4) is 0 Å². The van der Waals surface area contributed by atoms with Crippen molar-refractivity contribution in [1.82, 2.24) is 15.1 Å². The van der Waals surface area contributed by atoms with E-state index in [0.717, 1.165) is 34.1 Å². The summed E-state index contributed by atoms with van der Waals surface area (Å²) in [5.74, 6) is -1.09. The zero-order valence-electron chi connectivity index (χ0n) is 17.5. The van der Waals surface area contributed by atoms with Crippen LogP contribution in [0, 0.1) is 19.7 Å². The second-order valence-corrected chi connectivity index (χ2v) is 7.83. The summed E-state index contributed by atoms with van der Waals surface area (Å²) in [6.45, 7) is 4.71. The molecular weight excluding hydrogens is 426 g/mol. The van der Waals surface area contributed by atoms with Gasteiger partial charge in [0.1, 0.15) is 17.3 Å². The quantitative estimate of drug-likeness (QED) is 0.566. The van der Waals surface area contributed by atoms with Gasteiger partial charge in [-0.3, -0.25) is 9.89 Å². The Hall–Kier alpha value is -3.36. The van der Waals surface area contributed by atoms with E-state index in [1.54, 1.807) is 17.0 Å². The lowest BCUT2D eigenvalue weighted by molar-refractivity contribution is -0.140. The van der Waals surface area contributed by atoms with Crippen molar-refractivity contribution in [3.8, 4) is 11.5 Å². The van der Waals surface area contributed by atoms with Crippen LogP contribution in [0.5, 0.6) is 11.5 Å². The van der Waals surface area contributed by atoms with Crippen molar-refractivity contribution < 1.29 is 27.1 Å². The van der Waals surface area contributed by atoms with E-state index in [1.165, 1.54) is 0 Å². The number of nitrogens with one attached hydrogen (secondary N) is 1. The average Bonchev–Trinajstić information content (AvgIpc) is 3.04. The predicted octanol–water partition coefficient (Wildman–Crippen LogP) is 5.10. The van der Waals surface area contributed by atoms with Crippen LogP contribution in [0.2, 0.25) is 0 Å². The van der Waals surface area contributed by atoms with Crippen LogP contribution in [0.15, 0.2) is 36.4 Å². The van der Waals surface area contributed by atoms with Crippen molar-refractivity contribution in [3.05, 3.63) is 75.9 Å². The highest BCUT2D eigenvalue weighted by Crippen LogP contribution is 2.34. The summed E-state index contributed by atoms with van der Waals surface area (Å²) in [5, 5.41) is 7.01. The summed E-state index contributed by atoms with van der Waals surface area (Å²) >= 11 is 0. The van der Waals surface area contributed by atoms with Crippen LogP contribution in [0.4, 0.5) is 17.6 Å². The zero-order valence-corrected chi connectivity index (χ0v) is 17.5. The second kappa shape index (κ2) is 8.29. The average molecular weight is 447 g/mol. The zero-order chi connectivity index (χ0) is 23.0. The molecule has 1 aliphatic heterocycles. The number of aromatic amines is 1. The third kappa shape index (κ3) is 4.46. The number of fused-ring (bicyclic) bond motifs is 1. The molecule has 1 aliphatic rings. The number of aryl methyl sites for hydroxylation is 2. The van der Waals surface area contributed by atoms with Crippen molar-refractivity contribution in [2.75, 3.05) is 6.54 Å². The SMILES string of the molecule is Cc1n[nH]c(C)c1CC(=O)N1CCc2ccc(Oc3ccc(C(F)(F)F)c(F)c3)cc2C1. The third-order valence-corrected chi connectivity index (χ3v) is 5.63. The fourth-order valence-electron chi connectivity index (χ4n) is 3.83. The molecule has 32 heavy (non-hydrogen) atoms. The van der Waals surface area contributed by atoms with E-state index in [9.17, 15) is 22.4 Å². The highest BCUT2D eigenvalue weighted by atomic mass is 19.4. The van der Waals surface area contributed by atoms with Gasteiger partial charge in [-0.05, 0) is 55.7 Å². The summed E-state index contributed by atoms with van der Waals surface area (Å²) in [7, 11) is 0. The van der Waals surface area contributed by atoms with Crippen molar-refractivity contribution >= 4 is 5.91 Å². The molecule has 0 radical (unpaired) electrons.